The van der Waals surface area contributed by atoms with Crippen LogP contribution in [0.1, 0.15) is 29.8 Å². The van der Waals surface area contributed by atoms with Crippen molar-refractivity contribution in [3.8, 4) is 17.2 Å². The lowest BCUT2D eigenvalue weighted by atomic mass is 10.1. The first-order valence-electron chi connectivity index (χ1n) is 8.48. The molecule has 2 aromatic carbocycles. The van der Waals surface area contributed by atoms with Crippen LogP contribution in [-0.4, -0.2) is 36.7 Å². The summed E-state index contributed by atoms with van der Waals surface area (Å²) in [4.78, 5) is 23.2. The number of allylic oxidation sites excluding steroid dienone is 1. The number of hydrogen-bond acceptors (Lipinski definition) is 5. The summed E-state index contributed by atoms with van der Waals surface area (Å²) in [6, 6.07) is 11.8. The van der Waals surface area contributed by atoms with Gasteiger partial charge in [0.25, 0.3) is 0 Å². The standard InChI is InChI=1S/C21H22O6/c1-4-26-19-7-5-6-16(20(19)25-3)10-13-18(22)15-8-11-17(12-9-15)27-14(2)21(23)24/h5-14H,4H2,1-3H3,(H,23,24)/b13-10+. The van der Waals surface area contributed by atoms with Gasteiger partial charge in [-0.25, -0.2) is 4.79 Å². The van der Waals surface area contributed by atoms with Crippen LogP contribution in [0.4, 0.5) is 0 Å². The number of rotatable bonds is 9. The lowest BCUT2D eigenvalue weighted by molar-refractivity contribution is -0.144. The molecule has 0 amide bonds. The van der Waals surface area contributed by atoms with Crippen molar-refractivity contribution in [2.24, 2.45) is 0 Å². The van der Waals surface area contributed by atoms with Gasteiger partial charge in [0.05, 0.1) is 13.7 Å². The zero-order valence-electron chi connectivity index (χ0n) is 15.5. The van der Waals surface area contributed by atoms with Crippen molar-refractivity contribution in [1.82, 2.24) is 0 Å². The molecule has 1 N–H and O–H groups in total. The van der Waals surface area contributed by atoms with Crippen LogP contribution in [-0.2, 0) is 4.79 Å². The van der Waals surface area contributed by atoms with Gasteiger partial charge in [-0.05, 0) is 56.3 Å². The van der Waals surface area contributed by atoms with E-state index in [9.17, 15) is 9.59 Å². The number of hydrogen-bond donors (Lipinski definition) is 1. The summed E-state index contributed by atoms with van der Waals surface area (Å²) in [5.41, 5.74) is 1.19. The molecule has 0 heterocycles. The molecule has 0 saturated heterocycles. The molecule has 0 spiro atoms. The van der Waals surface area contributed by atoms with Crippen molar-refractivity contribution in [2.75, 3.05) is 13.7 Å². The number of carbonyl (C=O) groups is 2. The minimum Gasteiger partial charge on any atom is -0.492 e. The lowest BCUT2D eigenvalue weighted by Crippen LogP contribution is -2.22. The van der Waals surface area contributed by atoms with E-state index < -0.39 is 12.1 Å². The first-order chi connectivity index (χ1) is 13.0. The Morgan fingerprint density at radius 2 is 1.85 bits per heavy atom. The topological polar surface area (TPSA) is 82.1 Å². The summed E-state index contributed by atoms with van der Waals surface area (Å²) in [6.45, 7) is 3.83. The number of aliphatic carboxylic acids is 1. The molecular weight excluding hydrogens is 348 g/mol. The highest BCUT2D eigenvalue weighted by molar-refractivity contribution is 6.07. The first-order valence-corrected chi connectivity index (χ1v) is 8.48. The summed E-state index contributed by atoms with van der Waals surface area (Å²) in [5.74, 6) is 0.313. The Labute approximate surface area is 158 Å². The van der Waals surface area contributed by atoms with Crippen LogP contribution in [0.3, 0.4) is 0 Å². The molecule has 0 bridgehead atoms. The average molecular weight is 370 g/mol. The van der Waals surface area contributed by atoms with Crippen LogP contribution in [0.2, 0.25) is 0 Å². The number of methoxy groups -OCH3 is 1. The highest BCUT2D eigenvalue weighted by Gasteiger charge is 2.13. The number of ketones is 1. The summed E-state index contributed by atoms with van der Waals surface area (Å²) in [6.07, 6.45) is 2.15. The maximum Gasteiger partial charge on any atom is 0.344 e. The van der Waals surface area contributed by atoms with E-state index in [0.717, 1.165) is 5.56 Å². The summed E-state index contributed by atoms with van der Waals surface area (Å²) >= 11 is 0. The van der Waals surface area contributed by atoms with Crippen LogP contribution in [0.5, 0.6) is 17.2 Å². The van der Waals surface area contributed by atoms with Gasteiger partial charge >= 0.3 is 5.97 Å². The first kappa shape index (κ1) is 20.0. The molecule has 0 aromatic heterocycles. The van der Waals surface area contributed by atoms with Crippen LogP contribution < -0.4 is 14.2 Å². The van der Waals surface area contributed by atoms with E-state index in [4.69, 9.17) is 19.3 Å². The number of para-hydroxylation sites is 1. The SMILES string of the molecule is CCOc1cccc(/C=C/C(=O)c2ccc(OC(C)C(=O)O)cc2)c1OC. The maximum absolute atomic E-state index is 12.4. The van der Waals surface area contributed by atoms with E-state index in [2.05, 4.69) is 0 Å². The normalized spacial score (nSPS) is 11.8. The van der Waals surface area contributed by atoms with Gasteiger partial charge < -0.3 is 19.3 Å². The number of ether oxygens (including phenoxy) is 3. The van der Waals surface area contributed by atoms with Crippen molar-refractivity contribution in [3.63, 3.8) is 0 Å². The molecule has 0 fully saturated rings. The molecule has 142 valence electrons. The van der Waals surface area contributed by atoms with E-state index in [0.29, 0.717) is 29.4 Å². The van der Waals surface area contributed by atoms with Crippen molar-refractivity contribution in [3.05, 3.63) is 59.7 Å². The molecular formula is C21H22O6. The van der Waals surface area contributed by atoms with Crippen LogP contribution in [0, 0.1) is 0 Å². The highest BCUT2D eigenvalue weighted by Crippen LogP contribution is 2.32. The number of carboxylic acid groups (broad SMARTS) is 1. The minimum absolute atomic E-state index is 0.198. The Bertz CT molecular complexity index is 823. The third kappa shape index (κ3) is 5.34. The fourth-order valence-corrected chi connectivity index (χ4v) is 2.37. The number of benzene rings is 2. The second-order valence-electron chi connectivity index (χ2n) is 5.63. The van der Waals surface area contributed by atoms with Gasteiger partial charge in [0.15, 0.2) is 23.4 Å². The van der Waals surface area contributed by atoms with Gasteiger partial charge in [0.2, 0.25) is 0 Å². The number of carboxylic acids is 1. The lowest BCUT2D eigenvalue weighted by Gasteiger charge is -2.11. The molecule has 0 saturated carbocycles. The summed E-state index contributed by atoms with van der Waals surface area (Å²) in [5, 5.41) is 8.85. The Kier molecular flexibility index (Phi) is 7.00. The Morgan fingerprint density at radius 1 is 1.15 bits per heavy atom. The highest BCUT2D eigenvalue weighted by atomic mass is 16.5. The van der Waals surface area contributed by atoms with Gasteiger partial charge in [-0.15, -0.1) is 0 Å². The second kappa shape index (κ2) is 9.43. The molecule has 2 rings (SSSR count). The largest absolute Gasteiger partial charge is 0.492 e. The van der Waals surface area contributed by atoms with Gasteiger partial charge in [-0.2, -0.15) is 0 Å². The quantitative estimate of drug-likeness (QED) is 0.533. The maximum atomic E-state index is 12.4. The van der Waals surface area contributed by atoms with Crippen molar-refractivity contribution < 1.29 is 28.9 Å². The smallest absolute Gasteiger partial charge is 0.344 e. The molecule has 27 heavy (non-hydrogen) atoms. The third-order valence-electron chi connectivity index (χ3n) is 3.73. The number of carbonyl (C=O) groups excluding carboxylic acids is 1. The van der Waals surface area contributed by atoms with Gasteiger partial charge in [-0.3, -0.25) is 4.79 Å². The Balaban J connectivity index is 2.13. The molecule has 1 atom stereocenters. The van der Waals surface area contributed by atoms with Crippen molar-refractivity contribution in [2.45, 2.75) is 20.0 Å². The minimum atomic E-state index is -1.05. The molecule has 0 aliphatic heterocycles. The Hall–Kier alpha value is -3.28. The monoisotopic (exact) mass is 370 g/mol. The fraction of sp³-hybridized carbons (Fsp3) is 0.238. The van der Waals surface area contributed by atoms with Crippen LogP contribution in [0.15, 0.2) is 48.5 Å². The van der Waals surface area contributed by atoms with Crippen LogP contribution in [0.25, 0.3) is 6.08 Å². The van der Waals surface area contributed by atoms with Crippen molar-refractivity contribution >= 4 is 17.8 Å². The molecule has 1 unspecified atom stereocenters. The molecule has 6 heteroatoms. The second-order valence-corrected chi connectivity index (χ2v) is 5.63. The van der Waals surface area contributed by atoms with Gasteiger partial charge in [0.1, 0.15) is 5.75 Å². The zero-order chi connectivity index (χ0) is 19.8. The average Bonchev–Trinajstić information content (AvgIpc) is 2.67. The van der Waals surface area contributed by atoms with Gasteiger partial charge in [-0.1, -0.05) is 12.1 Å². The zero-order valence-corrected chi connectivity index (χ0v) is 15.5. The van der Waals surface area contributed by atoms with E-state index in [1.807, 2.05) is 19.1 Å². The summed E-state index contributed by atoms with van der Waals surface area (Å²) in [7, 11) is 1.55. The molecule has 0 aliphatic rings. The van der Waals surface area contributed by atoms with Gasteiger partial charge in [0, 0.05) is 11.1 Å². The molecule has 0 aliphatic carbocycles. The van der Waals surface area contributed by atoms with E-state index in [-0.39, 0.29) is 5.78 Å². The third-order valence-corrected chi connectivity index (χ3v) is 3.73. The predicted molar refractivity (Wildman–Crippen MR) is 102 cm³/mol. The van der Waals surface area contributed by atoms with Crippen LogP contribution >= 0.6 is 0 Å². The summed E-state index contributed by atoms with van der Waals surface area (Å²) < 4.78 is 16.2. The van der Waals surface area contributed by atoms with Crippen molar-refractivity contribution in [1.29, 1.82) is 0 Å². The molecule has 6 nitrogen and oxygen atoms in total. The van der Waals surface area contributed by atoms with E-state index in [1.54, 1.807) is 43.5 Å². The molecule has 2 aromatic rings. The Morgan fingerprint density at radius 3 is 2.44 bits per heavy atom. The van der Waals surface area contributed by atoms with E-state index in [1.165, 1.54) is 13.0 Å². The predicted octanol–water partition coefficient (Wildman–Crippen LogP) is 3.84. The fourth-order valence-electron chi connectivity index (χ4n) is 2.37. The van der Waals surface area contributed by atoms with E-state index >= 15 is 0 Å². The molecule has 0 radical (unpaired) electrons.